The van der Waals surface area contributed by atoms with E-state index in [0.717, 1.165) is 31.6 Å². The molecule has 1 aromatic heterocycles. The number of likely N-dealkylation sites (tertiary alicyclic amines) is 1. The van der Waals surface area contributed by atoms with Crippen LogP contribution >= 0.6 is 0 Å². The third-order valence-electron chi connectivity index (χ3n) is 2.74. The highest BCUT2D eigenvalue weighted by atomic mass is 16.3. The summed E-state index contributed by atoms with van der Waals surface area (Å²) in [7, 11) is 2.16. The molecule has 1 aromatic rings. The van der Waals surface area contributed by atoms with Crippen molar-refractivity contribution < 1.29 is 14.1 Å². The fourth-order valence-corrected chi connectivity index (χ4v) is 1.67. The van der Waals surface area contributed by atoms with Crippen LogP contribution in [0.5, 0.6) is 0 Å². The summed E-state index contributed by atoms with van der Waals surface area (Å²) in [5.74, 6) is 0.00618. The van der Waals surface area contributed by atoms with Crippen molar-refractivity contribution in [1.29, 1.82) is 0 Å². The van der Waals surface area contributed by atoms with Crippen molar-refractivity contribution >= 4 is 11.6 Å². The molecule has 1 fully saturated rings. The normalized spacial score (nSPS) is 20.6. The van der Waals surface area contributed by atoms with E-state index in [0.29, 0.717) is 5.76 Å². The number of nitrogens with zero attached hydrogens (tertiary/aromatic N) is 1. The zero-order valence-corrected chi connectivity index (χ0v) is 9.32. The SMILES string of the molecule is C[NH+]1CCC(=NNC(=O)c2ccco2)CC1. The van der Waals surface area contributed by atoms with E-state index in [9.17, 15) is 4.79 Å². The molecule has 5 heteroatoms. The molecule has 5 nitrogen and oxygen atoms in total. The predicted molar refractivity (Wildman–Crippen MR) is 59.5 cm³/mol. The molecule has 1 aliphatic rings. The minimum atomic E-state index is -0.288. The third-order valence-corrected chi connectivity index (χ3v) is 2.74. The zero-order valence-electron chi connectivity index (χ0n) is 9.32. The Morgan fingerprint density at radius 2 is 2.25 bits per heavy atom. The number of furan rings is 1. The lowest BCUT2D eigenvalue weighted by molar-refractivity contribution is -0.880. The number of rotatable bonds is 2. The van der Waals surface area contributed by atoms with Gasteiger partial charge in [-0.3, -0.25) is 4.79 Å². The van der Waals surface area contributed by atoms with Gasteiger partial charge in [-0.1, -0.05) is 0 Å². The molecule has 0 radical (unpaired) electrons. The van der Waals surface area contributed by atoms with Crippen LogP contribution in [0.25, 0.3) is 0 Å². The minimum absolute atomic E-state index is 0.288. The van der Waals surface area contributed by atoms with E-state index in [1.807, 2.05) is 0 Å². The van der Waals surface area contributed by atoms with Crippen molar-refractivity contribution in [1.82, 2.24) is 5.43 Å². The summed E-state index contributed by atoms with van der Waals surface area (Å²) in [6.45, 7) is 2.16. The van der Waals surface area contributed by atoms with E-state index in [1.54, 1.807) is 12.1 Å². The second kappa shape index (κ2) is 4.94. The fraction of sp³-hybridized carbons (Fsp3) is 0.455. The van der Waals surface area contributed by atoms with Crippen molar-refractivity contribution in [3.05, 3.63) is 24.2 Å². The Bertz CT molecular complexity index is 374. The quantitative estimate of drug-likeness (QED) is 0.673. The average Bonchev–Trinajstić information content (AvgIpc) is 2.81. The first kappa shape index (κ1) is 10.9. The van der Waals surface area contributed by atoms with Gasteiger partial charge in [0.25, 0.3) is 0 Å². The molecule has 16 heavy (non-hydrogen) atoms. The number of nitrogens with one attached hydrogen (secondary N) is 2. The van der Waals surface area contributed by atoms with Gasteiger partial charge in [0.05, 0.1) is 26.4 Å². The van der Waals surface area contributed by atoms with Gasteiger partial charge in [-0.15, -0.1) is 0 Å². The van der Waals surface area contributed by atoms with E-state index < -0.39 is 0 Å². The average molecular weight is 222 g/mol. The van der Waals surface area contributed by atoms with Gasteiger partial charge < -0.3 is 9.32 Å². The number of quaternary nitrogens is 1. The molecule has 0 unspecified atom stereocenters. The number of carbonyl (C=O) groups is 1. The Hall–Kier alpha value is -1.62. The summed E-state index contributed by atoms with van der Waals surface area (Å²) in [4.78, 5) is 13.0. The Balaban J connectivity index is 1.87. The lowest BCUT2D eigenvalue weighted by atomic mass is 10.1. The van der Waals surface area contributed by atoms with Crippen LogP contribution in [0.3, 0.4) is 0 Å². The van der Waals surface area contributed by atoms with Gasteiger partial charge in [-0.25, -0.2) is 5.43 Å². The molecule has 1 saturated heterocycles. The number of hydrogen-bond acceptors (Lipinski definition) is 3. The van der Waals surface area contributed by atoms with Crippen LogP contribution in [0.4, 0.5) is 0 Å². The van der Waals surface area contributed by atoms with Crippen LogP contribution in [-0.4, -0.2) is 31.8 Å². The Morgan fingerprint density at radius 1 is 1.50 bits per heavy atom. The predicted octanol–water partition coefficient (Wildman–Crippen LogP) is -0.326. The van der Waals surface area contributed by atoms with Crippen molar-refractivity contribution in [3.8, 4) is 0 Å². The molecule has 1 aliphatic heterocycles. The van der Waals surface area contributed by atoms with Gasteiger partial charge in [0.2, 0.25) is 0 Å². The van der Waals surface area contributed by atoms with Crippen LogP contribution in [0, 0.1) is 0 Å². The van der Waals surface area contributed by atoms with Crippen LogP contribution in [-0.2, 0) is 0 Å². The molecule has 0 aromatic carbocycles. The Morgan fingerprint density at radius 3 is 2.88 bits per heavy atom. The van der Waals surface area contributed by atoms with Crippen molar-refractivity contribution in [2.24, 2.45) is 5.10 Å². The molecule has 86 valence electrons. The second-order valence-corrected chi connectivity index (χ2v) is 4.05. The van der Waals surface area contributed by atoms with Gasteiger partial charge in [0, 0.05) is 18.6 Å². The summed E-state index contributed by atoms with van der Waals surface area (Å²) in [5, 5.41) is 4.12. The zero-order chi connectivity index (χ0) is 11.4. The molecule has 0 aliphatic carbocycles. The monoisotopic (exact) mass is 222 g/mol. The smallest absolute Gasteiger partial charge is 0.307 e. The maximum absolute atomic E-state index is 11.5. The highest BCUT2D eigenvalue weighted by Gasteiger charge is 2.15. The fourth-order valence-electron chi connectivity index (χ4n) is 1.67. The molecule has 0 bridgehead atoms. The number of piperidine rings is 1. The Kier molecular flexibility index (Phi) is 3.36. The molecular weight excluding hydrogens is 206 g/mol. The van der Waals surface area contributed by atoms with Gasteiger partial charge in [0.15, 0.2) is 5.76 Å². The molecule has 2 rings (SSSR count). The minimum Gasteiger partial charge on any atom is -0.459 e. The van der Waals surface area contributed by atoms with E-state index in [4.69, 9.17) is 4.42 Å². The van der Waals surface area contributed by atoms with Gasteiger partial charge >= 0.3 is 5.91 Å². The van der Waals surface area contributed by atoms with E-state index in [-0.39, 0.29) is 5.91 Å². The largest absolute Gasteiger partial charge is 0.459 e. The standard InChI is InChI=1S/C11H15N3O2/c1-14-6-4-9(5-7-14)12-13-11(15)10-3-2-8-16-10/h2-3,8H,4-7H2,1H3,(H,13,15)/p+1. The molecule has 1 amide bonds. The summed E-state index contributed by atoms with van der Waals surface area (Å²) < 4.78 is 4.97. The molecular formula is C11H16N3O2+. The van der Waals surface area contributed by atoms with Gasteiger partial charge in [0.1, 0.15) is 0 Å². The topological polar surface area (TPSA) is 59.0 Å². The molecule has 2 heterocycles. The first-order chi connectivity index (χ1) is 7.75. The van der Waals surface area contributed by atoms with Crippen molar-refractivity contribution in [2.45, 2.75) is 12.8 Å². The summed E-state index contributed by atoms with van der Waals surface area (Å²) in [6.07, 6.45) is 3.37. The first-order valence-corrected chi connectivity index (χ1v) is 5.46. The van der Waals surface area contributed by atoms with Crippen LogP contribution < -0.4 is 10.3 Å². The lowest BCUT2D eigenvalue weighted by Gasteiger charge is -2.19. The first-order valence-electron chi connectivity index (χ1n) is 5.46. The number of carbonyl (C=O) groups excluding carboxylic acids is 1. The highest BCUT2D eigenvalue weighted by Crippen LogP contribution is 2.00. The summed E-state index contributed by atoms with van der Waals surface area (Å²) in [6, 6.07) is 3.30. The molecule has 0 saturated carbocycles. The van der Waals surface area contributed by atoms with E-state index >= 15 is 0 Å². The summed E-state index contributed by atoms with van der Waals surface area (Å²) >= 11 is 0. The summed E-state index contributed by atoms with van der Waals surface area (Å²) in [5.41, 5.74) is 3.58. The van der Waals surface area contributed by atoms with Crippen molar-refractivity contribution in [2.75, 3.05) is 20.1 Å². The molecule has 0 atom stereocenters. The highest BCUT2D eigenvalue weighted by molar-refractivity contribution is 5.93. The van der Waals surface area contributed by atoms with Crippen molar-refractivity contribution in [3.63, 3.8) is 0 Å². The van der Waals surface area contributed by atoms with Crippen LogP contribution in [0.15, 0.2) is 27.9 Å². The van der Waals surface area contributed by atoms with E-state index in [1.165, 1.54) is 11.2 Å². The number of hydrogen-bond donors (Lipinski definition) is 2. The van der Waals surface area contributed by atoms with Crippen LogP contribution in [0.1, 0.15) is 23.4 Å². The third kappa shape index (κ3) is 2.70. The Labute approximate surface area is 94.1 Å². The van der Waals surface area contributed by atoms with E-state index in [2.05, 4.69) is 17.6 Å². The molecule has 2 N–H and O–H groups in total. The maximum atomic E-state index is 11.5. The number of amides is 1. The van der Waals surface area contributed by atoms with Gasteiger partial charge in [-0.05, 0) is 12.1 Å². The number of hydrazone groups is 1. The lowest BCUT2D eigenvalue weighted by Crippen LogP contribution is -3.10. The van der Waals surface area contributed by atoms with Crippen LogP contribution in [0.2, 0.25) is 0 Å². The second-order valence-electron chi connectivity index (χ2n) is 4.05. The maximum Gasteiger partial charge on any atom is 0.307 e. The molecule has 0 spiro atoms. The van der Waals surface area contributed by atoms with Gasteiger partial charge in [-0.2, -0.15) is 5.10 Å².